The highest BCUT2D eigenvalue weighted by Crippen LogP contribution is 2.05. The summed E-state index contributed by atoms with van der Waals surface area (Å²) in [4.78, 5) is 11.7. The van der Waals surface area contributed by atoms with Crippen LogP contribution in [0.15, 0.2) is 11.1 Å². The van der Waals surface area contributed by atoms with Crippen molar-refractivity contribution >= 4 is 5.91 Å². The van der Waals surface area contributed by atoms with Gasteiger partial charge in [-0.3, -0.25) is 4.79 Å². The number of hydrogen-bond acceptors (Lipinski definition) is 2. The molecule has 0 radical (unpaired) electrons. The lowest BCUT2D eigenvalue weighted by Crippen LogP contribution is -2.45. The van der Waals surface area contributed by atoms with Crippen LogP contribution in [-0.2, 0) is 4.79 Å². The second-order valence-corrected chi connectivity index (χ2v) is 4.14. The third-order valence-corrected chi connectivity index (χ3v) is 2.72. The van der Waals surface area contributed by atoms with Crippen molar-refractivity contribution in [3.8, 4) is 0 Å². The van der Waals surface area contributed by atoms with Gasteiger partial charge in [-0.15, -0.1) is 0 Å². The smallest absolute Gasteiger partial charge is 0.247 e. The molecule has 1 rings (SSSR count). The molecule has 3 nitrogen and oxygen atoms in total. The van der Waals surface area contributed by atoms with E-state index in [4.69, 9.17) is 0 Å². The summed E-state index contributed by atoms with van der Waals surface area (Å²) in [5.41, 5.74) is 1.93. The number of nitrogens with one attached hydrogen (secondary N) is 2. The third-order valence-electron chi connectivity index (χ3n) is 2.72. The van der Waals surface area contributed by atoms with Crippen LogP contribution in [0.5, 0.6) is 0 Å². The van der Waals surface area contributed by atoms with Gasteiger partial charge in [0.15, 0.2) is 0 Å². The monoisotopic (exact) mass is 196 g/mol. The molecule has 1 saturated heterocycles. The molecule has 1 heterocycles. The van der Waals surface area contributed by atoms with Crippen molar-refractivity contribution in [1.82, 2.24) is 10.6 Å². The summed E-state index contributed by atoms with van der Waals surface area (Å²) in [5, 5.41) is 6.32. The van der Waals surface area contributed by atoms with E-state index in [0.29, 0.717) is 6.04 Å². The van der Waals surface area contributed by atoms with Crippen LogP contribution in [0.1, 0.15) is 33.6 Å². The molecule has 2 N–H and O–H groups in total. The summed E-state index contributed by atoms with van der Waals surface area (Å²) in [6.45, 7) is 7.79. The van der Waals surface area contributed by atoms with Gasteiger partial charge in [0, 0.05) is 18.2 Å². The average molecular weight is 196 g/mol. The van der Waals surface area contributed by atoms with Crippen LogP contribution in [0.25, 0.3) is 0 Å². The van der Waals surface area contributed by atoms with Crippen LogP contribution in [0, 0.1) is 0 Å². The zero-order chi connectivity index (χ0) is 10.6. The van der Waals surface area contributed by atoms with Gasteiger partial charge in [0.05, 0.1) is 0 Å². The Morgan fingerprint density at radius 3 is 2.57 bits per heavy atom. The SMILES string of the molecule is CC(C)=C(C)C(=O)N[C@H]1CCCNC1. The van der Waals surface area contributed by atoms with Crippen molar-refractivity contribution in [2.75, 3.05) is 13.1 Å². The Hall–Kier alpha value is -0.830. The summed E-state index contributed by atoms with van der Waals surface area (Å²) in [5.74, 6) is 0.0821. The van der Waals surface area contributed by atoms with Gasteiger partial charge in [-0.05, 0) is 40.2 Å². The van der Waals surface area contributed by atoms with Gasteiger partial charge in [0.25, 0.3) is 0 Å². The molecule has 3 heteroatoms. The number of allylic oxidation sites excluding steroid dienone is 1. The molecule has 1 aliphatic rings. The molecule has 0 unspecified atom stereocenters. The number of rotatable bonds is 2. The standard InChI is InChI=1S/C11H20N2O/c1-8(2)9(3)11(14)13-10-5-4-6-12-7-10/h10,12H,4-7H2,1-3H3,(H,13,14)/t10-/m0/s1. The van der Waals surface area contributed by atoms with E-state index in [2.05, 4.69) is 10.6 Å². The maximum absolute atomic E-state index is 11.7. The van der Waals surface area contributed by atoms with Crippen LogP contribution < -0.4 is 10.6 Å². The maximum Gasteiger partial charge on any atom is 0.247 e. The van der Waals surface area contributed by atoms with Crippen LogP contribution in [-0.4, -0.2) is 25.0 Å². The first-order valence-electron chi connectivity index (χ1n) is 5.27. The van der Waals surface area contributed by atoms with Gasteiger partial charge in [-0.25, -0.2) is 0 Å². The lowest BCUT2D eigenvalue weighted by atomic mass is 10.1. The normalized spacial score (nSPS) is 21.5. The van der Waals surface area contributed by atoms with Gasteiger partial charge in [0.2, 0.25) is 5.91 Å². The Morgan fingerprint density at radius 1 is 1.36 bits per heavy atom. The summed E-state index contributed by atoms with van der Waals surface area (Å²) in [6, 6.07) is 0.311. The fourth-order valence-corrected chi connectivity index (χ4v) is 1.50. The summed E-state index contributed by atoms with van der Waals surface area (Å²) in [6.07, 6.45) is 2.24. The van der Waals surface area contributed by atoms with Crippen molar-refractivity contribution in [2.24, 2.45) is 0 Å². The first-order chi connectivity index (χ1) is 6.61. The number of piperidine rings is 1. The van der Waals surface area contributed by atoms with Crippen LogP contribution in [0.2, 0.25) is 0 Å². The molecule has 0 bridgehead atoms. The van der Waals surface area contributed by atoms with Crippen molar-refractivity contribution in [2.45, 2.75) is 39.7 Å². The lowest BCUT2D eigenvalue weighted by molar-refractivity contribution is -0.118. The highest BCUT2D eigenvalue weighted by atomic mass is 16.1. The van der Waals surface area contributed by atoms with Crippen LogP contribution in [0.4, 0.5) is 0 Å². The van der Waals surface area contributed by atoms with E-state index in [1.807, 2.05) is 20.8 Å². The van der Waals surface area contributed by atoms with E-state index in [1.165, 1.54) is 0 Å². The van der Waals surface area contributed by atoms with E-state index >= 15 is 0 Å². The number of hydrogen-bond donors (Lipinski definition) is 2. The van der Waals surface area contributed by atoms with Crippen LogP contribution in [0.3, 0.4) is 0 Å². The van der Waals surface area contributed by atoms with E-state index in [9.17, 15) is 4.79 Å². The zero-order valence-electron chi connectivity index (χ0n) is 9.31. The minimum Gasteiger partial charge on any atom is -0.348 e. The second kappa shape index (κ2) is 5.15. The molecule has 1 fully saturated rings. The zero-order valence-corrected chi connectivity index (χ0v) is 9.31. The van der Waals surface area contributed by atoms with Gasteiger partial charge in [-0.2, -0.15) is 0 Å². The van der Waals surface area contributed by atoms with Gasteiger partial charge in [0.1, 0.15) is 0 Å². The predicted molar refractivity (Wildman–Crippen MR) is 58.1 cm³/mol. The first kappa shape index (κ1) is 11.2. The minimum atomic E-state index is 0.0821. The molecule has 0 aromatic carbocycles. The molecule has 1 amide bonds. The Balaban J connectivity index is 2.43. The van der Waals surface area contributed by atoms with Gasteiger partial charge in [-0.1, -0.05) is 5.57 Å². The molecule has 1 atom stereocenters. The Kier molecular flexibility index (Phi) is 4.14. The van der Waals surface area contributed by atoms with E-state index in [-0.39, 0.29) is 5.91 Å². The van der Waals surface area contributed by atoms with Crippen molar-refractivity contribution in [3.05, 3.63) is 11.1 Å². The largest absolute Gasteiger partial charge is 0.348 e. The minimum absolute atomic E-state index is 0.0821. The molecule has 0 spiro atoms. The summed E-state index contributed by atoms with van der Waals surface area (Å²) >= 11 is 0. The predicted octanol–water partition coefficient (Wildman–Crippen LogP) is 1.21. The van der Waals surface area contributed by atoms with Gasteiger partial charge < -0.3 is 10.6 Å². The molecular weight excluding hydrogens is 176 g/mol. The van der Waals surface area contributed by atoms with E-state index in [0.717, 1.165) is 37.1 Å². The number of amides is 1. The molecule has 0 saturated carbocycles. The lowest BCUT2D eigenvalue weighted by Gasteiger charge is -2.24. The van der Waals surface area contributed by atoms with E-state index in [1.54, 1.807) is 0 Å². The average Bonchev–Trinajstić information content (AvgIpc) is 2.18. The highest BCUT2D eigenvalue weighted by molar-refractivity contribution is 5.93. The molecule has 0 aliphatic carbocycles. The molecule has 14 heavy (non-hydrogen) atoms. The highest BCUT2D eigenvalue weighted by Gasteiger charge is 2.16. The van der Waals surface area contributed by atoms with Crippen molar-refractivity contribution in [3.63, 3.8) is 0 Å². The molecule has 0 aromatic heterocycles. The van der Waals surface area contributed by atoms with Crippen LogP contribution >= 0.6 is 0 Å². The third kappa shape index (κ3) is 3.14. The molecule has 80 valence electrons. The summed E-state index contributed by atoms with van der Waals surface area (Å²) in [7, 11) is 0. The first-order valence-corrected chi connectivity index (χ1v) is 5.27. The Labute approximate surface area is 86.0 Å². The summed E-state index contributed by atoms with van der Waals surface area (Å²) < 4.78 is 0. The number of carbonyl (C=O) groups excluding carboxylic acids is 1. The van der Waals surface area contributed by atoms with E-state index < -0.39 is 0 Å². The quantitative estimate of drug-likeness (QED) is 0.652. The fraction of sp³-hybridized carbons (Fsp3) is 0.727. The molecule has 0 aromatic rings. The maximum atomic E-state index is 11.7. The second-order valence-electron chi connectivity index (χ2n) is 4.14. The fourth-order valence-electron chi connectivity index (χ4n) is 1.50. The Morgan fingerprint density at radius 2 is 2.07 bits per heavy atom. The Bertz CT molecular complexity index is 236. The van der Waals surface area contributed by atoms with Gasteiger partial charge >= 0.3 is 0 Å². The van der Waals surface area contributed by atoms with Crippen molar-refractivity contribution in [1.29, 1.82) is 0 Å². The molecule has 1 aliphatic heterocycles. The topological polar surface area (TPSA) is 41.1 Å². The number of carbonyl (C=O) groups is 1. The molecular formula is C11H20N2O. The van der Waals surface area contributed by atoms with Crippen molar-refractivity contribution < 1.29 is 4.79 Å².